The zero-order chi connectivity index (χ0) is 11.7. The summed E-state index contributed by atoms with van der Waals surface area (Å²) in [5.74, 6) is -0.622. The molecule has 0 N–H and O–H groups in total. The largest absolute Gasteiger partial charge is 0.207 e. The SMILES string of the molecule is Fc1ccc(-c2ccc(F)cc2Br)c(Br)c1. The van der Waals surface area contributed by atoms with Gasteiger partial charge in [0.25, 0.3) is 0 Å². The molecular formula is C12H6Br2F2. The molecule has 0 aromatic heterocycles. The number of halogens is 4. The van der Waals surface area contributed by atoms with Crippen LogP contribution in [0.15, 0.2) is 45.3 Å². The lowest BCUT2D eigenvalue weighted by molar-refractivity contribution is 0.626. The van der Waals surface area contributed by atoms with E-state index in [2.05, 4.69) is 31.9 Å². The molecule has 0 spiro atoms. The number of rotatable bonds is 1. The molecule has 0 heterocycles. The molecular weight excluding hydrogens is 342 g/mol. The highest BCUT2D eigenvalue weighted by Crippen LogP contribution is 2.34. The minimum absolute atomic E-state index is 0.311. The third-order valence-corrected chi connectivity index (χ3v) is 3.46. The first-order valence-electron chi connectivity index (χ1n) is 4.48. The van der Waals surface area contributed by atoms with Crippen LogP contribution in [0.25, 0.3) is 11.1 Å². The molecule has 0 saturated carbocycles. The first kappa shape index (κ1) is 11.7. The van der Waals surface area contributed by atoms with E-state index in [-0.39, 0.29) is 11.6 Å². The Kier molecular flexibility index (Phi) is 3.40. The van der Waals surface area contributed by atoms with E-state index in [4.69, 9.17) is 0 Å². The third-order valence-electron chi connectivity index (χ3n) is 2.15. The van der Waals surface area contributed by atoms with Crippen molar-refractivity contribution in [1.82, 2.24) is 0 Å². The highest BCUT2D eigenvalue weighted by Gasteiger charge is 2.08. The van der Waals surface area contributed by atoms with Crippen LogP contribution in [0, 0.1) is 11.6 Å². The number of benzene rings is 2. The molecule has 0 saturated heterocycles. The van der Waals surface area contributed by atoms with Crippen molar-refractivity contribution in [1.29, 1.82) is 0 Å². The summed E-state index contributed by atoms with van der Waals surface area (Å²) in [6.45, 7) is 0. The lowest BCUT2D eigenvalue weighted by Gasteiger charge is -2.07. The summed E-state index contributed by atoms with van der Waals surface area (Å²) in [6.07, 6.45) is 0. The van der Waals surface area contributed by atoms with Gasteiger partial charge in [-0.25, -0.2) is 8.78 Å². The van der Waals surface area contributed by atoms with Gasteiger partial charge in [-0.3, -0.25) is 0 Å². The van der Waals surface area contributed by atoms with E-state index >= 15 is 0 Å². The molecule has 4 heteroatoms. The molecule has 0 nitrogen and oxygen atoms in total. The van der Waals surface area contributed by atoms with Crippen molar-refractivity contribution in [2.45, 2.75) is 0 Å². The summed E-state index contributed by atoms with van der Waals surface area (Å²) in [4.78, 5) is 0. The molecule has 2 aromatic rings. The second kappa shape index (κ2) is 4.63. The van der Waals surface area contributed by atoms with Gasteiger partial charge in [0.2, 0.25) is 0 Å². The van der Waals surface area contributed by atoms with Gasteiger partial charge in [0.15, 0.2) is 0 Å². The fourth-order valence-corrected chi connectivity index (χ4v) is 2.54. The summed E-state index contributed by atoms with van der Waals surface area (Å²) < 4.78 is 27.1. The number of hydrogen-bond donors (Lipinski definition) is 0. The van der Waals surface area contributed by atoms with Gasteiger partial charge in [-0.15, -0.1) is 0 Å². The van der Waals surface area contributed by atoms with Crippen LogP contribution in [0.3, 0.4) is 0 Å². The predicted molar refractivity (Wildman–Crippen MR) is 67.2 cm³/mol. The molecule has 0 bridgehead atoms. The van der Waals surface area contributed by atoms with Crippen LogP contribution in [0.2, 0.25) is 0 Å². The summed E-state index contributed by atoms with van der Waals surface area (Å²) in [5, 5.41) is 0. The molecule has 0 radical (unpaired) electrons. The minimum Gasteiger partial charge on any atom is -0.207 e. The summed E-state index contributed by atoms with van der Waals surface area (Å²) in [7, 11) is 0. The first-order valence-corrected chi connectivity index (χ1v) is 6.07. The van der Waals surface area contributed by atoms with E-state index in [1.807, 2.05) is 0 Å². The molecule has 0 atom stereocenters. The Bertz CT molecular complexity index is 489. The van der Waals surface area contributed by atoms with Gasteiger partial charge < -0.3 is 0 Å². The van der Waals surface area contributed by atoms with E-state index in [0.717, 1.165) is 11.1 Å². The quantitative estimate of drug-likeness (QED) is 0.668. The van der Waals surface area contributed by atoms with E-state index in [0.29, 0.717) is 8.95 Å². The zero-order valence-corrected chi connectivity index (χ0v) is 11.1. The molecule has 2 rings (SSSR count). The van der Waals surface area contributed by atoms with Gasteiger partial charge in [-0.05, 0) is 35.4 Å². The number of hydrogen-bond acceptors (Lipinski definition) is 0. The van der Waals surface area contributed by atoms with Crippen molar-refractivity contribution >= 4 is 31.9 Å². The monoisotopic (exact) mass is 346 g/mol. The second-order valence-corrected chi connectivity index (χ2v) is 4.96. The standard InChI is InChI=1S/C12H6Br2F2/c13-11-5-7(15)1-3-9(11)10-4-2-8(16)6-12(10)14/h1-6H. The zero-order valence-electron chi connectivity index (χ0n) is 7.98. The predicted octanol–water partition coefficient (Wildman–Crippen LogP) is 5.16. The molecule has 0 aliphatic rings. The third kappa shape index (κ3) is 2.33. The van der Waals surface area contributed by atoms with E-state index in [1.54, 1.807) is 12.1 Å². The molecule has 0 unspecified atom stereocenters. The second-order valence-electron chi connectivity index (χ2n) is 3.25. The van der Waals surface area contributed by atoms with Crippen LogP contribution < -0.4 is 0 Å². The van der Waals surface area contributed by atoms with Gasteiger partial charge >= 0.3 is 0 Å². The maximum Gasteiger partial charge on any atom is 0.124 e. The van der Waals surface area contributed by atoms with Crippen molar-refractivity contribution in [3.8, 4) is 11.1 Å². The maximum atomic E-state index is 12.9. The van der Waals surface area contributed by atoms with Crippen LogP contribution in [-0.4, -0.2) is 0 Å². The van der Waals surface area contributed by atoms with Crippen LogP contribution in [-0.2, 0) is 0 Å². The van der Waals surface area contributed by atoms with Crippen LogP contribution in [0.5, 0.6) is 0 Å². The molecule has 0 aliphatic heterocycles. The average molecular weight is 348 g/mol. The molecule has 16 heavy (non-hydrogen) atoms. The molecule has 0 aliphatic carbocycles. The lowest BCUT2D eigenvalue weighted by atomic mass is 10.1. The van der Waals surface area contributed by atoms with Crippen molar-refractivity contribution in [2.24, 2.45) is 0 Å². The first-order chi connectivity index (χ1) is 7.58. The van der Waals surface area contributed by atoms with Gasteiger partial charge in [0.1, 0.15) is 11.6 Å². The summed E-state index contributed by atoms with van der Waals surface area (Å²) in [5.41, 5.74) is 1.63. The molecule has 82 valence electrons. The van der Waals surface area contributed by atoms with E-state index < -0.39 is 0 Å². The Balaban J connectivity index is 2.59. The minimum atomic E-state index is -0.311. The lowest BCUT2D eigenvalue weighted by Crippen LogP contribution is -1.85. The molecule has 2 aromatic carbocycles. The van der Waals surface area contributed by atoms with Crippen molar-refractivity contribution < 1.29 is 8.78 Å². The highest BCUT2D eigenvalue weighted by molar-refractivity contribution is 9.11. The van der Waals surface area contributed by atoms with E-state index in [1.165, 1.54) is 24.3 Å². The molecule has 0 fully saturated rings. The highest BCUT2D eigenvalue weighted by atomic mass is 79.9. The van der Waals surface area contributed by atoms with Crippen molar-refractivity contribution in [2.75, 3.05) is 0 Å². The Labute approximate surface area is 109 Å². The van der Waals surface area contributed by atoms with Crippen LogP contribution in [0.4, 0.5) is 8.78 Å². The Morgan fingerprint density at radius 3 is 1.38 bits per heavy atom. The van der Waals surface area contributed by atoms with Crippen molar-refractivity contribution in [3.63, 3.8) is 0 Å². The van der Waals surface area contributed by atoms with Crippen molar-refractivity contribution in [3.05, 3.63) is 57.0 Å². The fourth-order valence-electron chi connectivity index (χ4n) is 1.42. The van der Waals surface area contributed by atoms with Gasteiger partial charge in [0, 0.05) is 8.95 Å². The Morgan fingerprint density at radius 1 is 0.688 bits per heavy atom. The maximum absolute atomic E-state index is 12.9. The van der Waals surface area contributed by atoms with Crippen LogP contribution >= 0.6 is 31.9 Å². The van der Waals surface area contributed by atoms with Gasteiger partial charge in [-0.1, -0.05) is 44.0 Å². The topological polar surface area (TPSA) is 0 Å². The molecule has 0 amide bonds. The smallest absolute Gasteiger partial charge is 0.124 e. The summed E-state index contributed by atoms with van der Waals surface area (Å²) in [6, 6.07) is 8.80. The Morgan fingerprint density at radius 2 is 1.06 bits per heavy atom. The van der Waals surface area contributed by atoms with Gasteiger partial charge in [-0.2, -0.15) is 0 Å². The Hall–Kier alpha value is -0.740. The van der Waals surface area contributed by atoms with E-state index in [9.17, 15) is 8.78 Å². The van der Waals surface area contributed by atoms with Crippen LogP contribution in [0.1, 0.15) is 0 Å². The summed E-state index contributed by atoms with van der Waals surface area (Å²) >= 11 is 6.56. The average Bonchev–Trinajstić information content (AvgIpc) is 2.19. The van der Waals surface area contributed by atoms with Gasteiger partial charge in [0.05, 0.1) is 0 Å². The normalized spacial score (nSPS) is 10.5. The fraction of sp³-hybridized carbons (Fsp3) is 0.